The Bertz CT molecular complexity index is 1050. The van der Waals surface area contributed by atoms with Crippen molar-refractivity contribution in [2.24, 2.45) is 11.8 Å². The summed E-state index contributed by atoms with van der Waals surface area (Å²) in [5.74, 6) is -4.03. The Morgan fingerprint density at radius 1 is 1.03 bits per heavy atom. The Morgan fingerprint density at radius 2 is 1.63 bits per heavy atom. The lowest BCUT2D eigenvalue weighted by Crippen LogP contribution is -2.35. The lowest BCUT2D eigenvalue weighted by Gasteiger charge is -2.27. The SMILES string of the molecule is COC(=O)[C@@H]1[C@@H](C(=O)OC)[C@H]2C[C@@H]1c1c(C(=O)OCc3ccccc3)[nH]c(C#N)c12. The van der Waals surface area contributed by atoms with E-state index in [1.54, 1.807) is 0 Å². The first-order chi connectivity index (χ1) is 14.5. The number of aromatic amines is 1. The van der Waals surface area contributed by atoms with Crippen LogP contribution in [0, 0.1) is 23.2 Å². The van der Waals surface area contributed by atoms with Crippen LogP contribution in [0.3, 0.4) is 0 Å². The molecule has 30 heavy (non-hydrogen) atoms. The molecule has 0 aliphatic heterocycles. The molecule has 2 aromatic rings. The van der Waals surface area contributed by atoms with Crippen LogP contribution in [-0.2, 0) is 30.4 Å². The van der Waals surface area contributed by atoms with Crippen LogP contribution in [0.1, 0.15) is 51.1 Å². The molecule has 8 heteroatoms. The first kappa shape index (κ1) is 19.7. The molecule has 0 saturated heterocycles. The Morgan fingerprint density at radius 3 is 2.20 bits per heavy atom. The highest BCUT2D eigenvalue weighted by Crippen LogP contribution is 2.61. The third-order valence-corrected chi connectivity index (χ3v) is 6.06. The average Bonchev–Trinajstić information content (AvgIpc) is 3.46. The molecule has 0 unspecified atom stereocenters. The molecule has 4 atom stereocenters. The minimum atomic E-state index is -0.775. The first-order valence-electron chi connectivity index (χ1n) is 9.54. The number of hydrogen-bond acceptors (Lipinski definition) is 7. The van der Waals surface area contributed by atoms with Gasteiger partial charge in [0.15, 0.2) is 0 Å². The second-order valence-corrected chi connectivity index (χ2v) is 7.42. The van der Waals surface area contributed by atoms with Crippen molar-refractivity contribution in [3.05, 3.63) is 58.4 Å². The summed E-state index contributed by atoms with van der Waals surface area (Å²) in [6.45, 7) is 0.0780. The van der Waals surface area contributed by atoms with Crippen LogP contribution in [0.15, 0.2) is 30.3 Å². The van der Waals surface area contributed by atoms with Crippen molar-refractivity contribution in [1.82, 2.24) is 4.98 Å². The van der Waals surface area contributed by atoms with Crippen LogP contribution in [0.5, 0.6) is 0 Å². The van der Waals surface area contributed by atoms with Gasteiger partial charge in [0, 0.05) is 11.8 Å². The molecular formula is C22H20N2O6. The molecule has 2 aliphatic rings. The molecule has 154 valence electrons. The summed E-state index contributed by atoms with van der Waals surface area (Å²) in [5, 5.41) is 9.60. The molecule has 1 aromatic carbocycles. The zero-order chi connectivity index (χ0) is 21.4. The predicted octanol–water partition coefficient (Wildman–Crippen LogP) is 2.41. The zero-order valence-corrected chi connectivity index (χ0v) is 16.5. The maximum Gasteiger partial charge on any atom is 0.355 e. The molecule has 1 saturated carbocycles. The van der Waals surface area contributed by atoms with Gasteiger partial charge in [0.25, 0.3) is 0 Å². The highest BCUT2D eigenvalue weighted by atomic mass is 16.5. The van der Waals surface area contributed by atoms with E-state index in [2.05, 4.69) is 11.1 Å². The van der Waals surface area contributed by atoms with Crippen LogP contribution < -0.4 is 0 Å². The zero-order valence-electron chi connectivity index (χ0n) is 16.5. The summed E-state index contributed by atoms with van der Waals surface area (Å²) in [6, 6.07) is 11.3. The van der Waals surface area contributed by atoms with E-state index in [0.29, 0.717) is 17.5 Å². The molecule has 4 rings (SSSR count). The number of rotatable bonds is 5. The molecule has 2 aliphatic carbocycles. The van der Waals surface area contributed by atoms with Gasteiger partial charge in [-0.05, 0) is 23.1 Å². The highest BCUT2D eigenvalue weighted by Gasteiger charge is 2.60. The monoisotopic (exact) mass is 408 g/mol. The second kappa shape index (κ2) is 7.67. The van der Waals surface area contributed by atoms with E-state index in [1.807, 2.05) is 30.3 Å². The summed E-state index contributed by atoms with van der Waals surface area (Å²) < 4.78 is 15.3. The van der Waals surface area contributed by atoms with Crippen molar-refractivity contribution < 1.29 is 28.6 Å². The van der Waals surface area contributed by atoms with Crippen molar-refractivity contribution in [2.45, 2.75) is 24.9 Å². The minimum Gasteiger partial charge on any atom is -0.469 e. The Hall–Kier alpha value is -3.60. The van der Waals surface area contributed by atoms with Gasteiger partial charge >= 0.3 is 17.9 Å². The van der Waals surface area contributed by atoms with E-state index >= 15 is 0 Å². The van der Waals surface area contributed by atoms with Crippen molar-refractivity contribution >= 4 is 17.9 Å². The number of aromatic nitrogens is 1. The smallest absolute Gasteiger partial charge is 0.355 e. The molecular weight excluding hydrogens is 388 g/mol. The molecule has 1 N–H and O–H groups in total. The predicted molar refractivity (Wildman–Crippen MR) is 102 cm³/mol. The number of methoxy groups -OCH3 is 2. The second-order valence-electron chi connectivity index (χ2n) is 7.42. The fourth-order valence-electron chi connectivity index (χ4n) is 4.90. The van der Waals surface area contributed by atoms with E-state index in [4.69, 9.17) is 14.2 Å². The number of nitriles is 1. The number of nitrogens with zero attached hydrogens (tertiary/aromatic N) is 1. The fraction of sp³-hybridized carbons (Fsp3) is 0.364. The first-order valence-corrected chi connectivity index (χ1v) is 9.54. The van der Waals surface area contributed by atoms with Gasteiger partial charge in [-0.25, -0.2) is 4.79 Å². The van der Waals surface area contributed by atoms with Crippen LogP contribution in [0.2, 0.25) is 0 Å². The molecule has 1 fully saturated rings. The lowest BCUT2D eigenvalue weighted by atomic mass is 9.76. The third-order valence-electron chi connectivity index (χ3n) is 6.06. The largest absolute Gasteiger partial charge is 0.469 e. The van der Waals surface area contributed by atoms with E-state index < -0.39 is 41.6 Å². The number of carbonyl (C=O) groups is 3. The Balaban J connectivity index is 1.70. The number of H-pyrrole nitrogens is 1. The lowest BCUT2D eigenvalue weighted by molar-refractivity contribution is -0.157. The molecule has 0 spiro atoms. The normalized spacial score (nSPS) is 23.4. The van der Waals surface area contributed by atoms with Crippen molar-refractivity contribution in [1.29, 1.82) is 5.26 Å². The van der Waals surface area contributed by atoms with E-state index in [1.165, 1.54) is 14.2 Å². The van der Waals surface area contributed by atoms with Crippen molar-refractivity contribution in [2.75, 3.05) is 14.2 Å². The van der Waals surface area contributed by atoms with Crippen molar-refractivity contribution in [3.63, 3.8) is 0 Å². The van der Waals surface area contributed by atoms with Crippen molar-refractivity contribution in [3.8, 4) is 6.07 Å². The third kappa shape index (κ3) is 2.94. The number of ether oxygens (including phenoxy) is 3. The van der Waals surface area contributed by atoms with Gasteiger partial charge in [-0.15, -0.1) is 0 Å². The molecule has 0 radical (unpaired) electrons. The number of carbonyl (C=O) groups excluding carboxylic acids is 3. The van der Waals surface area contributed by atoms with Crippen LogP contribution in [-0.4, -0.2) is 37.1 Å². The summed E-state index contributed by atoms with van der Waals surface area (Å²) in [7, 11) is 2.52. The highest BCUT2D eigenvalue weighted by molar-refractivity contribution is 5.93. The van der Waals surface area contributed by atoms with Gasteiger partial charge in [0.1, 0.15) is 24.1 Å². The topological polar surface area (TPSA) is 118 Å². The van der Waals surface area contributed by atoms with E-state index in [9.17, 15) is 19.6 Å². The van der Waals surface area contributed by atoms with Gasteiger partial charge in [-0.3, -0.25) is 9.59 Å². The maximum absolute atomic E-state index is 12.8. The molecule has 0 amide bonds. The van der Waals surface area contributed by atoms with Crippen LogP contribution in [0.25, 0.3) is 0 Å². The summed E-state index contributed by atoms with van der Waals surface area (Å²) in [4.78, 5) is 40.6. The average molecular weight is 408 g/mol. The van der Waals surface area contributed by atoms with Gasteiger partial charge < -0.3 is 19.2 Å². The number of fused-ring (bicyclic) bond motifs is 5. The van der Waals surface area contributed by atoms with Gasteiger partial charge in [-0.2, -0.15) is 5.26 Å². The molecule has 1 aromatic heterocycles. The molecule has 1 heterocycles. The van der Waals surface area contributed by atoms with Crippen LogP contribution >= 0.6 is 0 Å². The van der Waals surface area contributed by atoms with Gasteiger partial charge in [0.2, 0.25) is 0 Å². The van der Waals surface area contributed by atoms with E-state index in [0.717, 1.165) is 5.56 Å². The molecule has 2 bridgehead atoms. The molecule has 8 nitrogen and oxygen atoms in total. The Kier molecular flexibility index (Phi) is 5.04. The number of nitrogens with one attached hydrogen (secondary N) is 1. The quantitative estimate of drug-likeness (QED) is 0.596. The minimum absolute atomic E-state index is 0.0780. The standard InChI is InChI=1S/C22H20N2O6/c1-28-20(25)17-12-8-13(18(17)21(26)29-2)16-15(12)14(9-23)24-19(16)22(27)30-10-11-6-4-3-5-7-11/h3-7,12-13,17-18,24H,8,10H2,1-2H3/t12-,13+,17-,18-/m0/s1. The number of benzene rings is 1. The summed E-state index contributed by atoms with van der Waals surface area (Å²) in [5.41, 5.74) is 2.37. The van der Waals surface area contributed by atoms with Crippen LogP contribution in [0.4, 0.5) is 0 Å². The van der Waals surface area contributed by atoms with E-state index in [-0.39, 0.29) is 18.0 Å². The maximum atomic E-state index is 12.8. The fourth-order valence-corrected chi connectivity index (χ4v) is 4.90. The number of esters is 3. The summed E-state index contributed by atoms with van der Waals surface area (Å²) in [6.07, 6.45) is 0.465. The summed E-state index contributed by atoms with van der Waals surface area (Å²) >= 11 is 0. The number of hydrogen-bond donors (Lipinski definition) is 1. The Labute approximate surface area is 172 Å². The van der Waals surface area contributed by atoms with Gasteiger partial charge in [0.05, 0.1) is 26.1 Å². The van der Waals surface area contributed by atoms with Gasteiger partial charge in [-0.1, -0.05) is 30.3 Å².